The number of halogens is 3. The molecule has 0 saturated heterocycles. The molecule has 0 unspecified atom stereocenters. The highest BCUT2D eigenvalue weighted by atomic mass is 35.5. The average molecular weight is 330 g/mol. The fourth-order valence-corrected chi connectivity index (χ4v) is 2.57. The molecule has 112 valence electrons. The van der Waals surface area contributed by atoms with Gasteiger partial charge in [-0.2, -0.15) is 8.78 Å². The third kappa shape index (κ3) is 4.82. The molecule has 2 rings (SSSR count). The van der Waals surface area contributed by atoms with E-state index in [1.54, 1.807) is 30.3 Å². The Morgan fingerprint density at radius 1 is 1.29 bits per heavy atom. The Kier molecular flexibility index (Phi) is 5.76. The van der Waals surface area contributed by atoms with Crippen molar-refractivity contribution in [2.24, 2.45) is 0 Å². The molecule has 0 spiro atoms. The topological polar surface area (TPSA) is 37.8 Å². The van der Waals surface area contributed by atoms with Crippen molar-refractivity contribution in [1.82, 2.24) is 9.97 Å². The Hall–Kier alpha value is -1.40. The van der Waals surface area contributed by atoms with Crippen molar-refractivity contribution < 1.29 is 8.78 Å². The first kappa shape index (κ1) is 16.0. The summed E-state index contributed by atoms with van der Waals surface area (Å²) in [7, 11) is 0. The van der Waals surface area contributed by atoms with Crippen LogP contribution in [0.3, 0.4) is 0 Å². The molecule has 21 heavy (non-hydrogen) atoms. The molecule has 0 atom stereocenters. The van der Waals surface area contributed by atoms with Gasteiger partial charge in [-0.05, 0) is 18.6 Å². The van der Waals surface area contributed by atoms with E-state index in [9.17, 15) is 8.78 Å². The standard InChI is InChI=1S/C14H14ClF2N3S/c1-2-5-12-19-11(15)8-13(20-12)18-9-6-3-4-7-10(9)21-14(16)17/h3-4,6-8,14H,2,5H2,1H3,(H,18,19,20). The van der Waals surface area contributed by atoms with Crippen LogP contribution >= 0.6 is 23.4 Å². The zero-order chi connectivity index (χ0) is 15.2. The van der Waals surface area contributed by atoms with Gasteiger partial charge in [0.1, 0.15) is 16.8 Å². The fraction of sp³-hybridized carbons (Fsp3) is 0.286. The normalized spacial score (nSPS) is 10.9. The first-order valence-electron chi connectivity index (χ1n) is 6.43. The molecule has 1 N–H and O–H groups in total. The van der Waals surface area contributed by atoms with Crippen molar-refractivity contribution in [2.45, 2.75) is 30.4 Å². The van der Waals surface area contributed by atoms with E-state index in [0.29, 0.717) is 45.6 Å². The van der Waals surface area contributed by atoms with E-state index in [4.69, 9.17) is 11.6 Å². The SMILES string of the molecule is CCCc1nc(Cl)cc(Nc2ccccc2SC(F)F)n1. The summed E-state index contributed by atoms with van der Waals surface area (Å²) in [4.78, 5) is 8.92. The predicted octanol–water partition coefficient (Wildman–Crippen LogP) is 5.14. The van der Waals surface area contributed by atoms with E-state index in [2.05, 4.69) is 15.3 Å². The number of alkyl halides is 2. The lowest BCUT2D eigenvalue weighted by molar-refractivity contribution is 0.252. The summed E-state index contributed by atoms with van der Waals surface area (Å²) < 4.78 is 25.1. The number of nitrogens with one attached hydrogen (secondary N) is 1. The quantitative estimate of drug-likeness (QED) is 0.588. The number of para-hydroxylation sites is 1. The van der Waals surface area contributed by atoms with Crippen LogP contribution in [-0.2, 0) is 6.42 Å². The Morgan fingerprint density at radius 2 is 2.05 bits per heavy atom. The van der Waals surface area contributed by atoms with Gasteiger partial charge < -0.3 is 5.32 Å². The smallest absolute Gasteiger partial charge is 0.288 e. The summed E-state index contributed by atoms with van der Waals surface area (Å²) in [6.45, 7) is 2.02. The second-order valence-corrected chi connectivity index (χ2v) is 5.66. The second-order valence-electron chi connectivity index (χ2n) is 4.24. The lowest BCUT2D eigenvalue weighted by atomic mass is 10.3. The summed E-state index contributed by atoms with van der Waals surface area (Å²) in [6, 6.07) is 8.42. The molecule has 0 aliphatic rings. The monoisotopic (exact) mass is 329 g/mol. The Bertz CT molecular complexity index is 611. The van der Waals surface area contributed by atoms with Crippen LogP contribution in [0.15, 0.2) is 35.2 Å². The van der Waals surface area contributed by atoms with Gasteiger partial charge in [-0.15, -0.1) is 0 Å². The Balaban J connectivity index is 2.25. The third-order valence-corrected chi connectivity index (χ3v) is 3.56. The minimum atomic E-state index is -2.47. The molecule has 2 aromatic rings. The molecule has 3 nitrogen and oxygen atoms in total. The van der Waals surface area contributed by atoms with Gasteiger partial charge >= 0.3 is 0 Å². The number of anilines is 2. The first-order valence-corrected chi connectivity index (χ1v) is 7.68. The number of thioether (sulfide) groups is 1. The summed E-state index contributed by atoms with van der Waals surface area (Å²) >= 11 is 6.45. The van der Waals surface area contributed by atoms with Gasteiger partial charge in [0.05, 0.1) is 5.69 Å². The summed E-state index contributed by atoms with van der Waals surface area (Å²) in [6.07, 6.45) is 1.61. The van der Waals surface area contributed by atoms with Crippen molar-refractivity contribution in [3.05, 3.63) is 41.3 Å². The van der Waals surface area contributed by atoms with Gasteiger partial charge in [0, 0.05) is 17.4 Å². The minimum Gasteiger partial charge on any atom is -0.339 e. The molecule has 0 saturated carbocycles. The number of rotatable bonds is 6. The van der Waals surface area contributed by atoms with Gasteiger partial charge in [0.15, 0.2) is 0 Å². The molecule has 0 fully saturated rings. The molecule has 0 aliphatic heterocycles. The summed E-state index contributed by atoms with van der Waals surface area (Å²) in [5.74, 6) is -1.34. The van der Waals surface area contributed by atoms with Crippen molar-refractivity contribution in [3.63, 3.8) is 0 Å². The predicted molar refractivity (Wildman–Crippen MR) is 82.6 cm³/mol. The number of benzene rings is 1. The number of nitrogens with zero attached hydrogens (tertiary/aromatic N) is 2. The van der Waals surface area contributed by atoms with Gasteiger partial charge in [-0.3, -0.25) is 0 Å². The second kappa shape index (κ2) is 7.56. The molecule has 0 radical (unpaired) electrons. The van der Waals surface area contributed by atoms with Crippen LogP contribution in [0.1, 0.15) is 19.2 Å². The highest BCUT2D eigenvalue weighted by Crippen LogP contribution is 2.33. The number of hydrogen-bond acceptors (Lipinski definition) is 4. The molecular weight excluding hydrogens is 316 g/mol. The zero-order valence-corrected chi connectivity index (χ0v) is 12.9. The van der Waals surface area contributed by atoms with E-state index < -0.39 is 5.76 Å². The first-order chi connectivity index (χ1) is 10.1. The van der Waals surface area contributed by atoms with Gasteiger partial charge in [0.2, 0.25) is 0 Å². The zero-order valence-electron chi connectivity index (χ0n) is 11.3. The Labute approximate surface area is 131 Å². The lowest BCUT2D eigenvalue weighted by Gasteiger charge is -2.11. The number of aromatic nitrogens is 2. The van der Waals surface area contributed by atoms with Crippen molar-refractivity contribution in [3.8, 4) is 0 Å². The van der Waals surface area contributed by atoms with Crippen molar-refractivity contribution in [2.75, 3.05) is 5.32 Å². The van der Waals surface area contributed by atoms with Crippen LogP contribution in [0.25, 0.3) is 0 Å². The maximum atomic E-state index is 12.6. The molecule has 0 amide bonds. The molecule has 0 aliphatic carbocycles. The van der Waals surface area contributed by atoms with Crippen LogP contribution in [0, 0.1) is 0 Å². The third-order valence-electron chi connectivity index (χ3n) is 2.58. The van der Waals surface area contributed by atoms with Crippen molar-refractivity contribution in [1.29, 1.82) is 0 Å². The maximum absolute atomic E-state index is 12.6. The van der Waals surface area contributed by atoms with E-state index in [1.807, 2.05) is 6.92 Å². The van der Waals surface area contributed by atoms with E-state index in [1.165, 1.54) is 0 Å². The van der Waals surface area contributed by atoms with Gasteiger partial charge in [-0.25, -0.2) is 9.97 Å². The maximum Gasteiger partial charge on any atom is 0.288 e. The van der Waals surface area contributed by atoms with E-state index in [0.717, 1.165) is 6.42 Å². The number of hydrogen-bond donors (Lipinski definition) is 1. The van der Waals surface area contributed by atoms with E-state index in [-0.39, 0.29) is 0 Å². The minimum absolute atomic E-state index is 0.329. The highest BCUT2D eigenvalue weighted by molar-refractivity contribution is 7.99. The average Bonchev–Trinajstić information content (AvgIpc) is 2.40. The van der Waals surface area contributed by atoms with Gasteiger partial charge in [-0.1, -0.05) is 42.4 Å². The highest BCUT2D eigenvalue weighted by Gasteiger charge is 2.11. The summed E-state index contributed by atoms with van der Waals surface area (Å²) in [5, 5.41) is 3.36. The van der Waals surface area contributed by atoms with Gasteiger partial charge in [0.25, 0.3) is 5.76 Å². The fourth-order valence-electron chi connectivity index (χ4n) is 1.77. The van der Waals surface area contributed by atoms with Crippen LogP contribution in [0.5, 0.6) is 0 Å². The molecule has 0 bridgehead atoms. The van der Waals surface area contributed by atoms with E-state index >= 15 is 0 Å². The molecule has 1 heterocycles. The summed E-state index contributed by atoms with van der Waals surface area (Å²) in [5.41, 5.74) is 0.569. The van der Waals surface area contributed by atoms with Crippen LogP contribution in [0.4, 0.5) is 20.3 Å². The van der Waals surface area contributed by atoms with Crippen LogP contribution in [0.2, 0.25) is 5.15 Å². The lowest BCUT2D eigenvalue weighted by Crippen LogP contribution is -2.01. The Morgan fingerprint density at radius 3 is 2.76 bits per heavy atom. The largest absolute Gasteiger partial charge is 0.339 e. The molecular formula is C14H14ClF2N3S. The molecule has 7 heteroatoms. The van der Waals surface area contributed by atoms with Crippen molar-refractivity contribution >= 4 is 34.9 Å². The van der Waals surface area contributed by atoms with Crippen LogP contribution in [-0.4, -0.2) is 15.7 Å². The molecule has 1 aromatic carbocycles. The molecule has 1 aromatic heterocycles. The van der Waals surface area contributed by atoms with Crippen LogP contribution < -0.4 is 5.32 Å². The number of aryl methyl sites for hydroxylation is 1.